The van der Waals surface area contributed by atoms with Crippen molar-refractivity contribution in [2.45, 2.75) is 0 Å². The molecule has 1 aliphatic rings. The molecule has 2 rings (SSSR count). The summed E-state index contributed by atoms with van der Waals surface area (Å²) in [6, 6.07) is 6.18. The maximum Gasteiger partial charge on any atom is 0.323 e. The molecule has 1 saturated heterocycles. The second-order valence-electron chi connectivity index (χ2n) is 5.66. The minimum absolute atomic E-state index is 0.0952. The fourth-order valence-corrected chi connectivity index (χ4v) is 2.45. The number of carboxylic acids is 1. The fraction of sp³-hybridized carbons (Fsp3) is 0.312. The fourth-order valence-electron chi connectivity index (χ4n) is 2.45. The van der Waals surface area contributed by atoms with Crippen LogP contribution >= 0.6 is 0 Å². The number of hydrogen-bond donors (Lipinski definition) is 4. The monoisotopic (exact) mass is 361 g/mol. The molecule has 10 nitrogen and oxygen atoms in total. The number of amides is 3. The smallest absolute Gasteiger partial charge is 0.323 e. The number of nitrogens with two attached hydrogens (primary N) is 1. The summed E-state index contributed by atoms with van der Waals surface area (Å²) in [5.74, 6) is -3.27. The lowest BCUT2D eigenvalue weighted by Crippen LogP contribution is -2.56. The minimum atomic E-state index is -1.18. The molecule has 0 bridgehead atoms. The number of nitrogens with one attached hydrogen (secondary N) is 2. The van der Waals surface area contributed by atoms with Crippen LogP contribution in [0.2, 0.25) is 0 Å². The number of carbonyl (C=O) groups excluding carboxylic acids is 3. The highest BCUT2D eigenvalue weighted by atomic mass is 16.4. The van der Waals surface area contributed by atoms with Crippen molar-refractivity contribution in [2.75, 3.05) is 32.7 Å². The van der Waals surface area contributed by atoms with Crippen molar-refractivity contribution < 1.29 is 24.3 Å². The third kappa shape index (κ3) is 4.56. The number of carbonyl (C=O) groups is 4. The van der Waals surface area contributed by atoms with Gasteiger partial charge in [0.15, 0.2) is 0 Å². The van der Waals surface area contributed by atoms with Crippen molar-refractivity contribution >= 4 is 29.5 Å². The molecule has 0 aromatic heterocycles. The molecule has 0 unspecified atom stereocenters. The average Bonchev–Trinajstić information content (AvgIpc) is 2.60. The van der Waals surface area contributed by atoms with Crippen molar-refractivity contribution in [3.05, 3.63) is 35.4 Å². The highest BCUT2D eigenvalue weighted by Crippen LogP contribution is 2.06. The summed E-state index contributed by atoms with van der Waals surface area (Å²) >= 11 is 0. The molecule has 0 aliphatic carbocycles. The Kier molecular flexibility index (Phi) is 5.89. The van der Waals surface area contributed by atoms with Crippen LogP contribution in [0.25, 0.3) is 0 Å². The van der Waals surface area contributed by atoms with Gasteiger partial charge in [-0.15, -0.1) is 0 Å². The number of aliphatic carboxylic acids is 1. The summed E-state index contributed by atoms with van der Waals surface area (Å²) in [6.45, 7) is 0.123. The first-order valence-corrected chi connectivity index (χ1v) is 7.82. The first-order chi connectivity index (χ1) is 12.3. The lowest BCUT2D eigenvalue weighted by atomic mass is 10.1. The molecule has 10 heteroatoms. The standard InChI is InChI=1S/C16H19N5O5/c17-13(18)10-1-3-11(4-2-10)14(24)19-5-6-20-7-8-21(9-12(22)23)16(26)15(20)25/h1-4H,5-9H2,(H3,17,18)(H,19,24)(H,22,23). The summed E-state index contributed by atoms with van der Waals surface area (Å²) in [7, 11) is 0. The molecule has 1 aromatic carbocycles. The van der Waals surface area contributed by atoms with Crippen LogP contribution in [0.4, 0.5) is 0 Å². The Labute approximate surface area is 149 Å². The summed E-state index contributed by atoms with van der Waals surface area (Å²) in [5, 5.41) is 18.6. The molecule has 5 N–H and O–H groups in total. The molecule has 1 aliphatic heterocycles. The molecule has 1 heterocycles. The largest absolute Gasteiger partial charge is 0.480 e. The Hall–Kier alpha value is -3.43. The molecule has 26 heavy (non-hydrogen) atoms. The number of nitrogens with zero attached hydrogens (tertiary/aromatic N) is 2. The van der Waals surface area contributed by atoms with E-state index in [0.717, 1.165) is 4.90 Å². The molecule has 138 valence electrons. The van der Waals surface area contributed by atoms with E-state index in [-0.39, 0.29) is 37.9 Å². The van der Waals surface area contributed by atoms with E-state index >= 15 is 0 Å². The predicted molar refractivity (Wildman–Crippen MR) is 90.6 cm³/mol. The van der Waals surface area contributed by atoms with Crippen molar-refractivity contribution in [1.82, 2.24) is 15.1 Å². The maximum absolute atomic E-state index is 12.0. The Morgan fingerprint density at radius 2 is 1.62 bits per heavy atom. The lowest BCUT2D eigenvalue weighted by molar-refractivity contribution is -0.158. The normalized spacial score (nSPS) is 14.3. The molecule has 0 atom stereocenters. The van der Waals surface area contributed by atoms with E-state index in [1.165, 1.54) is 17.0 Å². The lowest BCUT2D eigenvalue weighted by Gasteiger charge is -2.32. The number of benzene rings is 1. The van der Waals surface area contributed by atoms with Crippen LogP contribution < -0.4 is 11.1 Å². The van der Waals surface area contributed by atoms with E-state index < -0.39 is 24.3 Å². The summed E-state index contributed by atoms with van der Waals surface area (Å²) in [4.78, 5) is 48.8. The van der Waals surface area contributed by atoms with Crippen LogP contribution in [0.3, 0.4) is 0 Å². The van der Waals surface area contributed by atoms with Gasteiger partial charge in [-0.2, -0.15) is 0 Å². The molecule has 1 aromatic rings. The molecule has 1 fully saturated rings. The zero-order valence-corrected chi connectivity index (χ0v) is 13.9. The van der Waals surface area contributed by atoms with E-state index in [2.05, 4.69) is 5.32 Å². The summed E-state index contributed by atoms with van der Waals surface area (Å²) in [6.07, 6.45) is 0. The van der Waals surface area contributed by atoms with Gasteiger partial charge < -0.3 is 26.0 Å². The van der Waals surface area contributed by atoms with Crippen LogP contribution in [0, 0.1) is 5.41 Å². The predicted octanol–water partition coefficient (Wildman–Crippen LogP) is -1.54. The summed E-state index contributed by atoms with van der Waals surface area (Å²) in [5.41, 5.74) is 6.23. The Morgan fingerprint density at radius 3 is 2.19 bits per heavy atom. The number of hydrogen-bond acceptors (Lipinski definition) is 5. The highest BCUT2D eigenvalue weighted by Gasteiger charge is 2.33. The summed E-state index contributed by atoms with van der Waals surface area (Å²) < 4.78 is 0. The number of nitrogen functional groups attached to an aromatic ring is 1. The maximum atomic E-state index is 12.0. The van der Waals surface area contributed by atoms with E-state index in [4.69, 9.17) is 16.2 Å². The SMILES string of the molecule is N=C(N)c1ccc(C(=O)NCCN2CCN(CC(=O)O)C(=O)C2=O)cc1. The van der Waals surface area contributed by atoms with Gasteiger partial charge in [-0.3, -0.25) is 24.6 Å². The van der Waals surface area contributed by atoms with E-state index in [1.54, 1.807) is 12.1 Å². The quantitative estimate of drug-likeness (QED) is 0.262. The van der Waals surface area contributed by atoms with E-state index in [0.29, 0.717) is 11.1 Å². The molecule has 0 radical (unpaired) electrons. The second kappa shape index (κ2) is 8.10. The minimum Gasteiger partial charge on any atom is -0.480 e. The molecule has 0 saturated carbocycles. The van der Waals surface area contributed by atoms with Gasteiger partial charge in [-0.25, -0.2) is 0 Å². The second-order valence-corrected chi connectivity index (χ2v) is 5.66. The van der Waals surface area contributed by atoms with Gasteiger partial charge in [0.25, 0.3) is 5.91 Å². The zero-order chi connectivity index (χ0) is 19.3. The first-order valence-electron chi connectivity index (χ1n) is 7.82. The topological polar surface area (TPSA) is 157 Å². The Morgan fingerprint density at radius 1 is 1.08 bits per heavy atom. The van der Waals surface area contributed by atoms with Crippen molar-refractivity contribution in [3.63, 3.8) is 0 Å². The molecular formula is C16H19N5O5. The van der Waals surface area contributed by atoms with Gasteiger partial charge in [-0.05, 0) is 12.1 Å². The van der Waals surface area contributed by atoms with Crippen molar-refractivity contribution in [1.29, 1.82) is 5.41 Å². The van der Waals surface area contributed by atoms with Gasteiger partial charge >= 0.3 is 17.8 Å². The zero-order valence-electron chi connectivity index (χ0n) is 13.9. The number of carboxylic acid groups (broad SMARTS) is 1. The van der Waals surface area contributed by atoms with Crippen LogP contribution in [0.15, 0.2) is 24.3 Å². The van der Waals surface area contributed by atoms with Gasteiger partial charge in [0.2, 0.25) is 0 Å². The molecular weight excluding hydrogens is 342 g/mol. The van der Waals surface area contributed by atoms with E-state index in [9.17, 15) is 19.2 Å². The average molecular weight is 361 g/mol. The highest BCUT2D eigenvalue weighted by molar-refractivity contribution is 6.35. The van der Waals surface area contributed by atoms with Crippen LogP contribution in [-0.2, 0) is 14.4 Å². The van der Waals surface area contributed by atoms with Crippen molar-refractivity contribution in [3.8, 4) is 0 Å². The molecule has 3 amide bonds. The number of rotatable bonds is 7. The third-order valence-electron chi connectivity index (χ3n) is 3.85. The number of piperazine rings is 1. The van der Waals surface area contributed by atoms with Gasteiger partial charge in [0.05, 0.1) is 0 Å². The first kappa shape index (κ1) is 18.9. The Bertz CT molecular complexity index is 746. The van der Waals surface area contributed by atoms with Gasteiger partial charge in [0.1, 0.15) is 12.4 Å². The van der Waals surface area contributed by atoms with Crippen LogP contribution in [-0.4, -0.2) is 77.2 Å². The van der Waals surface area contributed by atoms with Crippen LogP contribution in [0.1, 0.15) is 15.9 Å². The number of amidine groups is 1. The van der Waals surface area contributed by atoms with Gasteiger partial charge in [0, 0.05) is 37.3 Å². The van der Waals surface area contributed by atoms with Crippen LogP contribution in [0.5, 0.6) is 0 Å². The Balaban J connectivity index is 1.83. The third-order valence-corrected chi connectivity index (χ3v) is 3.85. The van der Waals surface area contributed by atoms with Gasteiger partial charge in [-0.1, -0.05) is 12.1 Å². The van der Waals surface area contributed by atoms with Crippen molar-refractivity contribution in [2.24, 2.45) is 5.73 Å². The molecule has 0 spiro atoms. The van der Waals surface area contributed by atoms with E-state index in [1.807, 2.05) is 0 Å².